The second-order valence-corrected chi connectivity index (χ2v) is 9.63. The highest BCUT2D eigenvalue weighted by atomic mass is 16.5. The zero-order valence-electron chi connectivity index (χ0n) is 18.7. The van der Waals surface area contributed by atoms with Gasteiger partial charge < -0.3 is 4.74 Å². The molecule has 0 fully saturated rings. The predicted octanol–water partition coefficient (Wildman–Crippen LogP) is 4.66. The van der Waals surface area contributed by atoms with Gasteiger partial charge in [-0.3, -0.25) is 9.78 Å². The van der Waals surface area contributed by atoms with Gasteiger partial charge in [0, 0.05) is 42.3 Å². The van der Waals surface area contributed by atoms with Gasteiger partial charge in [-0.05, 0) is 30.0 Å². The zero-order valence-corrected chi connectivity index (χ0v) is 18.7. The number of nitrogens with zero attached hydrogens (tertiary/aromatic N) is 5. The Labute approximate surface area is 191 Å². The fraction of sp³-hybridized carbons (Fsp3) is 0.269. The molecule has 1 aliphatic heterocycles. The fourth-order valence-corrected chi connectivity index (χ4v) is 4.86. The standard InChI is InChI=1S/C26H23N5O2/c1-15-4-6-16(7-5-15)20-21-18(32)12-26(2,3)13-19(21)33-25-22(20)24-29-23(30-31(24)14-28-25)17-8-10-27-11-9-17/h4-11,14,20H,12-13H2,1-3H3/t20-/m1/s1. The lowest BCUT2D eigenvalue weighted by Crippen LogP contribution is -2.33. The van der Waals surface area contributed by atoms with Crippen molar-refractivity contribution in [2.75, 3.05) is 0 Å². The number of carbonyl (C=O) groups excluding carboxylic acids is 1. The van der Waals surface area contributed by atoms with Crippen LogP contribution in [0.4, 0.5) is 0 Å². The van der Waals surface area contributed by atoms with Crippen molar-refractivity contribution in [3.05, 3.63) is 83.1 Å². The molecule has 0 bridgehead atoms. The molecule has 1 aromatic carbocycles. The number of Topliss-reactive ketones (excluding diaryl/α,β-unsaturated/α-hetero) is 1. The van der Waals surface area contributed by atoms with Crippen molar-refractivity contribution >= 4 is 11.4 Å². The molecule has 0 saturated heterocycles. The van der Waals surface area contributed by atoms with Crippen LogP contribution < -0.4 is 4.74 Å². The minimum absolute atomic E-state index is 0.119. The van der Waals surface area contributed by atoms with Crippen LogP contribution in [0.1, 0.15) is 49.3 Å². The van der Waals surface area contributed by atoms with Crippen LogP contribution in [0, 0.1) is 12.3 Å². The molecule has 0 unspecified atom stereocenters. The molecule has 7 heteroatoms. The van der Waals surface area contributed by atoms with E-state index in [-0.39, 0.29) is 17.1 Å². The average molecular weight is 438 g/mol. The Morgan fingerprint density at radius 3 is 2.58 bits per heavy atom. The lowest BCUT2D eigenvalue weighted by molar-refractivity contribution is -0.118. The van der Waals surface area contributed by atoms with E-state index in [4.69, 9.17) is 9.72 Å². The number of pyridine rings is 1. The van der Waals surface area contributed by atoms with Crippen molar-refractivity contribution < 1.29 is 9.53 Å². The molecule has 0 radical (unpaired) electrons. The van der Waals surface area contributed by atoms with Gasteiger partial charge >= 0.3 is 0 Å². The lowest BCUT2D eigenvalue weighted by atomic mass is 9.70. The first-order valence-corrected chi connectivity index (χ1v) is 11.1. The van der Waals surface area contributed by atoms with Gasteiger partial charge in [-0.1, -0.05) is 43.7 Å². The molecule has 0 N–H and O–H groups in total. The topological polar surface area (TPSA) is 82.3 Å². The lowest BCUT2D eigenvalue weighted by Gasteiger charge is -2.37. The van der Waals surface area contributed by atoms with Crippen LogP contribution in [-0.2, 0) is 4.79 Å². The highest BCUT2D eigenvalue weighted by Gasteiger charge is 2.43. The number of ketones is 1. The van der Waals surface area contributed by atoms with Gasteiger partial charge in [-0.2, -0.15) is 0 Å². The number of allylic oxidation sites excluding steroid dienone is 2. The van der Waals surface area contributed by atoms with Gasteiger partial charge in [0.05, 0.1) is 5.56 Å². The van der Waals surface area contributed by atoms with E-state index in [0.29, 0.717) is 35.8 Å². The molecule has 7 nitrogen and oxygen atoms in total. The van der Waals surface area contributed by atoms with Gasteiger partial charge in [0.1, 0.15) is 12.1 Å². The Kier molecular flexibility index (Phi) is 4.24. The number of benzene rings is 1. The minimum Gasteiger partial charge on any atom is -0.442 e. The van der Waals surface area contributed by atoms with Crippen molar-refractivity contribution in [1.82, 2.24) is 24.6 Å². The highest BCUT2D eigenvalue weighted by Crippen LogP contribution is 2.50. The SMILES string of the molecule is Cc1ccc([C@@H]2C3=C(CC(C)(C)CC3=O)Oc3ncn4nc(-c5ccncc5)nc4c32)cc1. The third kappa shape index (κ3) is 3.23. The highest BCUT2D eigenvalue weighted by molar-refractivity contribution is 6.00. The predicted molar refractivity (Wildman–Crippen MR) is 123 cm³/mol. The van der Waals surface area contributed by atoms with E-state index in [9.17, 15) is 4.79 Å². The van der Waals surface area contributed by atoms with Gasteiger partial charge in [0.25, 0.3) is 0 Å². The number of hydrogen-bond acceptors (Lipinski definition) is 6. The maximum atomic E-state index is 13.5. The summed E-state index contributed by atoms with van der Waals surface area (Å²) in [4.78, 5) is 27.0. The molecule has 0 spiro atoms. The number of carbonyl (C=O) groups is 1. The molecule has 2 aliphatic rings. The Bertz CT molecular complexity index is 1440. The van der Waals surface area contributed by atoms with Crippen LogP contribution in [0.5, 0.6) is 5.88 Å². The summed E-state index contributed by atoms with van der Waals surface area (Å²) in [6, 6.07) is 12.0. The van der Waals surface area contributed by atoms with Gasteiger partial charge in [0.2, 0.25) is 5.88 Å². The molecule has 0 saturated carbocycles. The van der Waals surface area contributed by atoms with Crippen molar-refractivity contribution in [1.29, 1.82) is 0 Å². The second-order valence-electron chi connectivity index (χ2n) is 9.63. The maximum absolute atomic E-state index is 13.5. The number of aromatic nitrogens is 5. The molecule has 3 aromatic heterocycles. The summed E-state index contributed by atoms with van der Waals surface area (Å²) in [6.07, 6.45) is 6.23. The number of fused-ring (bicyclic) bond motifs is 3. The molecule has 33 heavy (non-hydrogen) atoms. The van der Waals surface area contributed by atoms with E-state index in [0.717, 1.165) is 28.0 Å². The van der Waals surface area contributed by atoms with Crippen LogP contribution in [-0.4, -0.2) is 30.3 Å². The number of aryl methyl sites for hydroxylation is 1. The maximum Gasteiger partial charge on any atom is 0.228 e. The third-order valence-electron chi connectivity index (χ3n) is 6.41. The van der Waals surface area contributed by atoms with Crippen LogP contribution in [0.25, 0.3) is 17.0 Å². The van der Waals surface area contributed by atoms with E-state index >= 15 is 0 Å². The summed E-state index contributed by atoms with van der Waals surface area (Å²) in [5.41, 5.74) is 5.03. The molecule has 1 atom stereocenters. The fourth-order valence-electron chi connectivity index (χ4n) is 4.86. The Morgan fingerprint density at radius 2 is 1.82 bits per heavy atom. The normalized spacial score (nSPS) is 19.2. The van der Waals surface area contributed by atoms with Crippen molar-refractivity contribution in [3.63, 3.8) is 0 Å². The molecule has 4 heterocycles. The summed E-state index contributed by atoms with van der Waals surface area (Å²) < 4.78 is 7.97. The summed E-state index contributed by atoms with van der Waals surface area (Å²) in [5.74, 6) is 1.60. The van der Waals surface area contributed by atoms with Crippen molar-refractivity contribution in [2.24, 2.45) is 5.41 Å². The number of ether oxygens (including phenoxy) is 1. The van der Waals surface area contributed by atoms with Gasteiger partial charge in [-0.25, -0.2) is 14.5 Å². The first-order chi connectivity index (χ1) is 15.9. The number of rotatable bonds is 2. The molecule has 4 aromatic rings. The summed E-state index contributed by atoms with van der Waals surface area (Å²) in [5, 5.41) is 4.64. The number of hydrogen-bond donors (Lipinski definition) is 0. The molecule has 6 rings (SSSR count). The molecular weight excluding hydrogens is 414 g/mol. The van der Waals surface area contributed by atoms with E-state index in [1.165, 1.54) is 0 Å². The quantitative estimate of drug-likeness (QED) is 0.454. The molecule has 1 aliphatic carbocycles. The van der Waals surface area contributed by atoms with Crippen LogP contribution in [0.2, 0.25) is 0 Å². The summed E-state index contributed by atoms with van der Waals surface area (Å²) >= 11 is 0. The Morgan fingerprint density at radius 1 is 1.06 bits per heavy atom. The van der Waals surface area contributed by atoms with E-state index < -0.39 is 0 Å². The van der Waals surface area contributed by atoms with Crippen molar-refractivity contribution in [2.45, 2.75) is 39.5 Å². The van der Waals surface area contributed by atoms with Crippen LogP contribution in [0.15, 0.2) is 66.5 Å². The average Bonchev–Trinajstić information content (AvgIpc) is 3.23. The first kappa shape index (κ1) is 19.8. The van der Waals surface area contributed by atoms with Crippen molar-refractivity contribution in [3.8, 4) is 17.3 Å². The van der Waals surface area contributed by atoms with Gasteiger partial charge in [0.15, 0.2) is 17.3 Å². The summed E-state index contributed by atoms with van der Waals surface area (Å²) in [6.45, 7) is 6.26. The molecule has 164 valence electrons. The van der Waals surface area contributed by atoms with E-state index in [2.05, 4.69) is 60.1 Å². The summed E-state index contributed by atoms with van der Waals surface area (Å²) in [7, 11) is 0. The van der Waals surface area contributed by atoms with E-state index in [1.807, 2.05) is 12.1 Å². The molecule has 0 amide bonds. The van der Waals surface area contributed by atoms with Crippen LogP contribution >= 0.6 is 0 Å². The Balaban J connectivity index is 1.61. The Hall–Kier alpha value is -3.87. The zero-order chi connectivity index (χ0) is 22.7. The first-order valence-electron chi connectivity index (χ1n) is 11.1. The van der Waals surface area contributed by atoms with E-state index in [1.54, 1.807) is 23.2 Å². The monoisotopic (exact) mass is 437 g/mol. The smallest absolute Gasteiger partial charge is 0.228 e. The van der Waals surface area contributed by atoms with Gasteiger partial charge in [-0.15, -0.1) is 5.10 Å². The van der Waals surface area contributed by atoms with Crippen LogP contribution in [0.3, 0.4) is 0 Å². The second kappa shape index (κ2) is 7.07. The third-order valence-corrected chi connectivity index (χ3v) is 6.41. The minimum atomic E-state index is -0.307. The largest absolute Gasteiger partial charge is 0.442 e. The molecular formula is C26H23N5O2.